The van der Waals surface area contributed by atoms with Gasteiger partial charge in [-0.3, -0.25) is 4.79 Å². The van der Waals surface area contributed by atoms with Gasteiger partial charge in [0.2, 0.25) is 11.0 Å². The molecule has 106 valence electrons. The first-order valence-electron chi connectivity index (χ1n) is 6.12. The number of nitrogens with two attached hydrogens (primary N) is 1. The molecule has 1 amide bonds. The third kappa shape index (κ3) is 3.80. The van der Waals surface area contributed by atoms with Crippen molar-refractivity contribution in [3.63, 3.8) is 0 Å². The van der Waals surface area contributed by atoms with Crippen molar-refractivity contribution in [2.24, 2.45) is 5.73 Å². The van der Waals surface area contributed by atoms with E-state index in [4.69, 9.17) is 5.73 Å². The van der Waals surface area contributed by atoms with Crippen molar-refractivity contribution in [2.75, 3.05) is 24.7 Å². The third-order valence-corrected chi connectivity index (χ3v) is 5.45. The molecule has 1 aromatic rings. The maximum atomic E-state index is 11.6. The van der Waals surface area contributed by atoms with Gasteiger partial charge in [0.05, 0.1) is 0 Å². The topological polar surface area (TPSA) is 84.1 Å². The highest BCUT2D eigenvalue weighted by atomic mass is 32.2. The summed E-state index contributed by atoms with van der Waals surface area (Å²) in [5.74, 6) is 0.255. The number of primary amides is 1. The maximum absolute atomic E-state index is 11.6. The lowest BCUT2D eigenvalue weighted by molar-refractivity contribution is -0.123. The SMILES string of the molecule is CN(C)c1nnc(SCC(C)(NC2CC2)C(N)=O)s1. The molecule has 1 heterocycles. The summed E-state index contributed by atoms with van der Waals surface area (Å²) >= 11 is 3.03. The standard InChI is InChI=1S/C11H19N5OS2/c1-11(8(12)17,13-7-4-5-7)6-18-10-15-14-9(19-10)16(2)3/h7,13H,4-6H2,1-3H3,(H2,12,17). The van der Waals surface area contributed by atoms with E-state index in [9.17, 15) is 4.79 Å². The quantitative estimate of drug-likeness (QED) is 0.721. The Morgan fingerprint density at radius 2 is 2.26 bits per heavy atom. The van der Waals surface area contributed by atoms with Gasteiger partial charge in [0.1, 0.15) is 5.54 Å². The Balaban J connectivity index is 1.95. The predicted molar refractivity (Wildman–Crippen MR) is 78.7 cm³/mol. The van der Waals surface area contributed by atoms with Gasteiger partial charge in [0.15, 0.2) is 4.34 Å². The van der Waals surface area contributed by atoms with Crippen LogP contribution in [-0.2, 0) is 4.79 Å². The van der Waals surface area contributed by atoms with Crippen LogP contribution in [-0.4, -0.2) is 47.5 Å². The summed E-state index contributed by atoms with van der Waals surface area (Å²) in [5.41, 5.74) is 4.82. The predicted octanol–water partition coefficient (Wildman–Crippen LogP) is 0.692. The van der Waals surface area contributed by atoms with Crippen LogP contribution in [0.2, 0.25) is 0 Å². The molecule has 1 aromatic heterocycles. The van der Waals surface area contributed by atoms with Crippen LogP contribution in [0, 0.1) is 0 Å². The van der Waals surface area contributed by atoms with E-state index in [1.807, 2.05) is 25.9 Å². The minimum Gasteiger partial charge on any atom is -0.368 e. The molecule has 1 atom stereocenters. The first-order valence-corrected chi connectivity index (χ1v) is 7.92. The van der Waals surface area contributed by atoms with Crippen LogP contribution < -0.4 is 16.0 Å². The van der Waals surface area contributed by atoms with E-state index in [1.165, 1.54) is 23.1 Å². The van der Waals surface area contributed by atoms with Gasteiger partial charge in [-0.05, 0) is 19.8 Å². The molecule has 3 N–H and O–H groups in total. The summed E-state index contributed by atoms with van der Waals surface area (Å²) in [6.45, 7) is 1.86. The van der Waals surface area contributed by atoms with Crippen LogP contribution in [0.25, 0.3) is 0 Å². The molecular weight excluding hydrogens is 282 g/mol. The number of carbonyl (C=O) groups is 1. The fraction of sp³-hybridized carbons (Fsp3) is 0.727. The Bertz CT molecular complexity index is 460. The lowest BCUT2D eigenvalue weighted by atomic mass is 10.1. The zero-order valence-electron chi connectivity index (χ0n) is 11.3. The Labute approximate surface area is 121 Å². The van der Waals surface area contributed by atoms with Crippen molar-refractivity contribution in [1.82, 2.24) is 15.5 Å². The van der Waals surface area contributed by atoms with E-state index in [1.54, 1.807) is 0 Å². The molecule has 0 bridgehead atoms. The van der Waals surface area contributed by atoms with Gasteiger partial charge in [-0.25, -0.2) is 0 Å². The molecule has 19 heavy (non-hydrogen) atoms. The average molecular weight is 301 g/mol. The summed E-state index contributed by atoms with van der Waals surface area (Å²) in [7, 11) is 3.86. The molecule has 8 heteroatoms. The number of nitrogens with one attached hydrogen (secondary N) is 1. The zero-order chi connectivity index (χ0) is 14.0. The molecule has 1 aliphatic rings. The Morgan fingerprint density at radius 3 is 2.74 bits per heavy atom. The number of hydrogen-bond acceptors (Lipinski definition) is 7. The van der Waals surface area contributed by atoms with E-state index in [2.05, 4.69) is 15.5 Å². The summed E-state index contributed by atoms with van der Waals surface area (Å²) in [6, 6.07) is 0.435. The molecule has 0 radical (unpaired) electrons. The second kappa shape index (κ2) is 5.64. The molecule has 1 fully saturated rings. The minimum absolute atomic E-state index is 0.316. The Kier molecular flexibility index (Phi) is 4.32. The summed E-state index contributed by atoms with van der Waals surface area (Å²) in [4.78, 5) is 13.5. The zero-order valence-corrected chi connectivity index (χ0v) is 13.0. The molecule has 0 aromatic carbocycles. The molecule has 0 spiro atoms. The van der Waals surface area contributed by atoms with Crippen molar-refractivity contribution in [3.8, 4) is 0 Å². The largest absolute Gasteiger partial charge is 0.368 e. The molecule has 1 unspecified atom stereocenters. The number of nitrogens with zero attached hydrogens (tertiary/aromatic N) is 3. The van der Waals surface area contributed by atoms with Crippen LogP contribution in [0.1, 0.15) is 19.8 Å². The van der Waals surface area contributed by atoms with Crippen LogP contribution in [0.15, 0.2) is 4.34 Å². The molecule has 2 rings (SSSR count). The van der Waals surface area contributed by atoms with Crippen molar-refractivity contribution < 1.29 is 4.79 Å². The number of thioether (sulfide) groups is 1. The van der Waals surface area contributed by atoms with Crippen LogP contribution in [0.5, 0.6) is 0 Å². The van der Waals surface area contributed by atoms with Crippen LogP contribution in [0.4, 0.5) is 5.13 Å². The van der Waals surface area contributed by atoms with Crippen LogP contribution in [0.3, 0.4) is 0 Å². The number of anilines is 1. The summed E-state index contributed by atoms with van der Waals surface area (Å²) in [5, 5.41) is 12.4. The monoisotopic (exact) mass is 301 g/mol. The summed E-state index contributed by atoms with van der Waals surface area (Å²) in [6.07, 6.45) is 2.24. The number of aromatic nitrogens is 2. The van der Waals surface area contributed by atoms with Crippen LogP contribution >= 0.6 is 23.1 Å². The number of hydrogen-bond donors (Lipinski definition) is 2. The van der Waals surface area contributed by atoms with E-state index in [-0.39, 0.29) is 5.91 Å². The average Bonchev–Trinajstić information content (AvgIpc) is 3.01. The number of rotatable bonds is 7. The minimum atomic E-state index is -0.685. The third-order valence-electron chi connectivity index (χ3n) is 2.91. The van der Waals surface area contributed by atoms with Crippen molar-refractivity contribution in [2.45, 2.75) is 35.7 Å². The molecule has 0 saturated heterocycles. The van der Waals surface area contributed by atoms with Crippen molar-refractivity contribution >= 4 is 34.1 Å². The van der Waals surface area contributed by atoms with Gasteiger partial charge in [-0.2, -0.15) is 0 Å². The van der Waals surface area contributed by atoms with Gasteiger partial charge in [-0.1, -0.05) is 23.1 Å². The molecular formula is C11H19N5OS2. The molecule has 0 aliphatic heterocycles. The van der Waals surface area contributed by atoms with Gasteiger partial charge < -0.3 is 16.0 Å². The highest BCUT2D eigenvalue weighted by Gasteiger charge is 2.37. The lowest BCUT2D eigenvalue weighted by Gasteiger charge is -2.26. The van der Waals surface area contributed by atoms with E-state index in [0.29, 0.717) is 11.8 Å². The van der Waals surface area contributed by atoms with Crippen molar-refractivity contribution in [3.05, 3.63) is 0 Å². The van der Waals surface area contributed by atoms with E-state index < -0.39 is 5.54 Å². The maximum Gasteiger partial charge on any atom is 0.238 e. The molecule has 1 aliphatic carbocycles. The number of amides is 1. The highest BCUT2D eigenvalue weighted by molar-refractivity contribution is 8.01. The van der Waals surface area contributed by atoms with Gasteiger partial charge in [0, 0.05) is 25.9 Å². The Hall–Kier alpha value is -0.860. The van der Waals surface area contributed by atoms with Crippen molar-refractivity contribution in [1.29, 1.82) is 0 Å². The number of carbonyl (C=O) groups excluding carboxylic acids is 1. The normalized spacial score (nSPS) is 18.1. The first kappa shape index (κ1) is 14.5. The first-order chi connectivity index (χ1) is 8.90. The second-order valence-electron chi connectivity index (χ2n) is 5.15. The van der Waals surface area contributed by atoms with E-state index >= 15 is 0 Å². The highest BCUT2D eigenvalue weighted by Crippen LogP contribution is 2.30. The molecule has 6 nitrogen and oxygen atoms in total. The Morgan fingerprint density at radius 1 is 1.58 bits per heavy atom. The second-order valence-corrected chi connectivity index (χ2v) is 7.33. The molecule has 1 saturated carbocycles. The summed E-state index contributed by atoms with van der Waals surface area (Å²) < 4.78 is 0.855. The van der Waals surface area contributed by atoms with E-state index in [0.717, 1.165) is 22.3 Å². The smallest absolute Gasteiger partial charge is 0.238 e. The fourth-order valence-corrected chi connectivity index (χ4v) is 3.38. The lowest BCUT2D eigenvalue weighted by Crippen LogP contribution is -2.55. The fourth-order valence-electron chi connectivity index (χ4n) is 1.51. The van der Waals surface area contributed by atoms with Gasteiger partial charge >= 0.3 is 0 Å². The van der Waals surface area contributed by atoms with Gasteiger partial charge in [0.25, 0.3) is 0 Å². The van der Waals surface area contributed by atoms with Gasteiger partial charge in [-0.15, -0.1) is 10.2 Å².